The topological polar surface area (TPSA) is 122 Å². The molecule has 1 N–H and O–H groups in total. The number of nitro groups is 1. The first-order chi connectivity index (χ1) is 16.3. The molecule has 2 fully saturated rings. The Morgan fingerprint density at radius 1 is 1.15 bits per heavy atom. The van der Waals surface area contributed by atoms with E-state index in [9.17, 15) is 24.5 Å². The number of methoxy groups -OCH3 is 1. The highest BCUT2D eigenvalue weighted by Gasteiger charge is 2.63. The fraction of sp³-hybridized carbons (Fsp3) is 0.375. The molecule has 2 aromatic carbocycles. The molecule has 34 heavy (non-hydrogen) atoms. The maximum Gasteiger partial charge on any atom is 0.335 e. The summed E-state index contributed by atoms with van der Waals surface area (Å²) in [5, 5.41) is 13.8. The van der Waals surface area contributed by atoms with E-state index < -0.39 is 34.2 Å². The van der Waals surface area contributed by atoms with Crippen LogP contribution in [0.15, 0.2) is 42.5 Å². The van der Waals surface area contributed by atoms with Gasteiger partial charge >= 0.3 is 6.03 Å². The minimum Gasteiger partial charge on any atom is -0.497 e. The summed E-state index contributed by atoms with van der Waals surface area (Å²) in [5.41, 5.74) is -0.0425. The van der Waals surface area contributed by atoms with E-state index in [4.69, 9.17) is 4.74 Å². The number of hydrogen-bond acceptors (Lipinski definition) is 7. The molecule has 3 heterocycles. The number of anilines is 2. The second-order valence-electron chi connectivity index (χ2n) is 9.15. The van der Waals surface area contributed by atoms with Gasteiger partial charge in [0.2, 0.25) is 5.91 Å². The molecular weight excluding hydrogens is 440 g/mol. The molecule has 2 saturated heterocycles. The van der Waals surface area contributed by atoms with Gasteiger partial charge in [0.25, 0.3) is 11.6 Å². The summed E-state index contributed by atoms with van der Waals surface area (Å²) in [6.07, 6.45) is 1.42. The summed E-state index contributed by atoms with van der Waals surface area (Å²) in [4.78, 5) is 54.4. The van der Waals surface area contributed by atoms with Crippen molar-refractivity contribution in [2.24, 2.45) is 11.3 Å². The van der Waals surface area contributed by atoms with Crippen molar-refractivity contribution in [1.29, 1.82) is 0 Å². The summed E-state index contributed by atoms with van der Waals surface area (Å²) in [5.74, 6) is -0.447. The summed E-state index contributed by atoms with van der Waals surface area (Å²) in [6.45, 7) is 2.68. The summed E-state index contributed by atoms with van der Waals surface area (Å²) in [7, 11) is 1.51. The maximum atomic E-state index is 14.1. The molecule has 0 aliphatic carbocycles. The molecule has 176 valence electrons. The van der Waals surface area contributed by atoms with Crippen LogP contribution in [0.5, 0.6) is 5.75 Å². The zero-order valence-electron chi connectivity index (χ0n) is 18.8. The van der Waals surface area contributed by atoms with E-state index in [1.165, 1.54) is 19.2 Å². The quantitative estimate of drug-likeness (QED) is 0.421. The monoisotopic (exact) mass is 464 g/mol. The molecule has 0 bridgehead atoms. The lowest BCUT2D eigenvalue weighted by Gasteiger charge is -2.54. The SMILES string of the molecule is COc1ccc(N2C(=O)NC(=O)[C@]3(Cc4cc([N+](=O)[O-])ccc4N4CC[C@H](C)C[C@@H]43)C2=O)cc1. The molecule has 0 aromatic heterocycles. The third-order valence-electron chi connectivity index (χ3n) is 7.23. The van der Waals surface area contributed by atoms with Gasteiger partial charge in [-0.25, -0.2) is 9.69 Å². The number of urea groups is 1. The van der Waals surface area contributed by atoms with Crippen molar-refractivity contribution in [3.8, 4) is 5.75 Å². The van der Waals surface area contributed by atoms with Gasteiger partial charge in [0, 0.05) is 30.8 Å². The molecule has 0 unspecified atom stereocenters. The van der Waals surface area contributed by atoms with Gasteiger partial charge in [-0.05, 0) is 54.7 Å². The van der Waals surface area contributed by atoms with Crippen LogP contribution in [0.1, 0.15) is 25.3 Å². The van der Waals surface area contributed by atoms with E-state index in [0.717, 1.165) is 17.0 Å². The number of fused-ring (bicyclic) bond motifs is 4. The summed E-state index contributed by atoms with van der Waals surface area (Å²) in [6, 6.07) is 9.72. The van der Waals surface area contributed by atoms with Crippen molar-refractivity contribution < 1.29 is 24.0 Å². The first-order valence-corrected chi connectivity index (χ1v) is 11.1. The highest BCUT2D eigenvalue weighted by Crippen LogP contribution is 2.49. The van der Waals surface area contributed by atoms with Crippen molar-refractivity contribution in [3.05, 3.63) is 58.1 Å². The Morgan fingerprint density at radius 3 is 2.56 bits per heavy atom. The number of nitrogens with one attached hydrogen (secondary N) is 1. The van der Waals surface area contributed by atoms with E-state index >= 15 is 0 Å². The fourth-order valence-electron chi connectivity index (χ4n) is 5.49. The molecule has 5 rings (SSSR count). The zero-order chi connectivity index (χ0) is 24.2. The first kappa shape index (κ1) is 21.9. The van der Waals surface area contributed by atoms with Crippen LogP contribution in [0.3, 0.4) is 0 Å². The van der Waals surface area contributed by atoms with Crippen molar-refractivity contribution in [1.82, 2.24) is 5.32 Å². The summed E-state index contributed by atoms with van der Waals surface area (Å²) >= 11 is 0. The molecule has 3 aliphatic rings. The van der Waals surface area contributed by atoms with Crippen LogP contribution in [-0.4, -0.2) is 42.5 Å². The number of ether oxygens (including phenoxy) is 1. The van der Waals surface area contributed by atoms with Gasteiger partial charge in [0.05, 0.1) is 23.8 Å². The molecule has 0 radical (unpaired) electrons. The zero-order valence-corrected chi connectivity index (χ0v) is 18.8. The third-order valence-corrected chi connectivity index (χ3v) is 7.23. The van der Waals surface area contributed by atoms with E-state index in [0.29, 0.717) is 30.0 Å². The Hall–Kier alpha value is -3.95. The maximum absolute atomic E-state index is 14.1. The van der Waals surface area contributed by atoms with Crippen molar-refractivity contribution in [2.45, 2.75) is 32.2 Å². The lowest BCUT2D eigenvalue weighted by molar-refractivity contribution is -0.384. The number of rotatable bonds is 3. The van der Waals surface area contributed by atoms with Gasteiger partial charge in [-0.3, -0.25) is 25.0 Å². The third kappa shape index (κ3) is 3.12. The average molecular weight is 464 g/mol. The van der Waals surface area contributed by atoms with Gasteiger partial charge in [-0.2, -0.15) is 0 Å². The number of benzene rings is 2. The molecule has 1 spiro atoms. The highest BCUT2D eigenvalue weighted by molar-refractivity contribution is 6.30. The number of nitrogens with zero attached hydrogens (tertiary/aromatic N) is 3. The van der Waals surface area contributed by atoms with Gasteiger partial charge in [0.15, 0.2) is 5.41 Å². The number of barbiturate groups is 1. The molecule has 10 nitrogen and oxygen atoms in total. The number of carbonyl (C=O) groups is 3. The molecule has 3 atom stereocenters. The minimum atomic E-state index is -1.59. The lowest BCUT2D eigenvalue weighted by Crippen LogP contribution is -2.73. The van der Waals surface area contributed by atoms with E-state index in [1.807, 2.05) is 4.90 Å². The Morgan fingerprint density at radius 2 is 1.88 bits per heavy atom. The highest BCUT2D eigenvalue weighted by atomic mass is 16.6. The number of piperidine rings is 1. The summed E-state index contributed by atoms with van der Waals surface area (Å²) < 4.78 is 5.17. The first-order valence-electron chi connectivity index (χ1n) is 11.1. The number of nitro benzene ring substituents is 1. The fourth-order valence-corrected chi connectivity index (χ4v) is 5.49. The molecule has 3 aliphatic heterocycles. The van der Waals surface area contributed by atoms with Gasteiger partial charge in [0.1, 0.15) is 5.75 Å². The van der Waals surface area contributed by atoms with E-state index in [1.54, 1.807) is 30.3 Å². The standard InChI is InChI=1S/C24H24N4O6/c1-14-9-10-26-19-8-5-17(28(32)33)12-15(19)13-24(20(26)11-14)21(29)25-23(31)27(22(24)30)16-3-6-18(34-2)7-4-16/h3-8,12,14,20H,9-11,13H2,1-2H3,(H,25,29,31)/t14-,20+,24+/m0/s1. The number of imide groups is 2. The second kappa shape index (κ2) is 7.82. The average Bonchev–Trinajstić information content (AvgIpc) is 2.82. The number of amides is 4. The van der Waals surface area contributed by atoms with Crippen molar-refractivity contribution in [2.75, 3.05) is 23.5 Å². The molecule has 2 aromatic rings. The molecular formula is C24H24N4O6. The van der Waals surface area contributed by atoms with E-state index in [2.05, 4.69) is 12.2 Å². The van der Waals surface area contributed by atoms with Crippen LogP contribution in [0.4, 0.5) is 21.9 Å². The Bertz CT molecular complexity index is 1210. The van der Waals surface area contributed by atoms with Crippen LogP contribution >= 0.6 is 0 Å². The van der Waals surface area contributed by atoms with Gasteiger partial charge in [-0.1, -0.05) is 6.92 Å². The van der Waals surface area contributed by atoms with Crippen LogP contribution in [0.2, 0.25) is 0 Å². The van der Waals surface area contributed by atoms with Crippen LogP contribution < -0.4 is 19.9 Å². The van der Waals surface area contributed by atoms with Crippen molar-refractivity contribution in [3.63, 3.8) is 0 Å². The number of carbonyl (C=O) groups excluding carboxylic acids is 3. The Balaban J connectivity index is 1.66. The normalized spacial score (nSPS) is 26.1. The molecule has 10 heteroatoms. The van der Waals surface area contributed by atoms with E-state index in [-0.39, 0.29) is 18.0 Å². The molecule has 4 amide bonds. The minimum absolute atomic E-state index is 0.0253. The number of hydrogen-bond donors (Lipinski definition) is 1. The lowest BCUT2D eigenvalue weighted by atomic mass is 9.64. The largest absolute Gasteiger partial charge is 0.497 e. The van der Waals surface area contributed by atoms with Crippen LogP contribution in [0, 0.1) is 21.4 Å². The Kier molecular flexibility index (Phi) is 5.03. The predicted molar refractivity (Wildman–Crippen MR) is 123 cm³/mol. The smallest absolute Gasteiger partial charge is 0.335 e. The van der Waals surface area contributed by atoms with Crippen LogP contribution in [0.25, 0.3) is 0 Å². The Labute approximate surface area is 195 Å². The predicted octanol–water partition coefficient (Wildman–Crippen LogP) is 3.03. The second-order valence-corrected chi connectivity index (χ2v) is 9.15. The number of non-ortho nitro benzene ring substituents is 1. The van der Waals surface area contributed by atoms with Crippen molar-refractivity contribution >= 4 is 34.9 Å². The van der Waals surface area contributed by atoms with Gasteiger partial charge < -0.3 is 9.64 Å². The molecule has 0 saturated carbocycles. The van der Waals surface area contributed by atoms with Gasteiger partial charge in [-0.15, -0.1) is 0 Å². The van der Waals surface area contributed by atoms with Crippen LogP contribution in [-0.2, 0) is 16.0 Å².